The molecule has 21 heavy (non-hydrogen) atoms. The minimum absolute atomic E-state index is 0.311. The Morgan fingerprint density at radius 1 is 1.38 bits per heavy atom. The van der Waals surface area contributed by atoms with E-state index in [1.165, 1.54) is 0 Å². The number of nitrogens with one attached hydrogen (secondary N) is 1. The molecule has 118 valence electrons. The first kappa shape index (κ1) is 17.2. The van der Waals surface area contributed by atoms with Crippen LogP contribution in [0.5, 0.6) is 0 Å². The monoisotopic (exact) mass is 296 g/mol. The molecule has 1 heterocycles. The Kier molecular flexibility index (Phi) is 5.96. The summed E-state index contributed by atoms with van der Waals surface area (Å²) in [5.41, 5.74) is -0.0863. The summed E-state index contributed by atoms with van der Waals surface area (Å²) in [6.07, 6.45) is 1.80. The number of nitrogens with zero attached hydrogens (tertiary/aromatic N) is 1. The highest BCUT2D eigenvalue weighted by atomic mass is 16.6. The van der Waals surface area contributed by atoms with Gasteiger partial charge in [0.05, 0.1) is 6.61 Å². The molecule has 6 nitrogen and oxygen atoms in total. The van der Waals surface area contributed by atoms with Gasteiger partial charge in [-0.3, -0.25) is 4.79 Å². The first-order chi connectivity index (χ1) is 9.74. The van der Waals surface area contributed by atoms with Crippen LogP contribution in [0, 0.1) is 0 Å². The largest absolute Gasteiger partial charge is 0.458 e. The van der Waals surface area contributed by atoms with Crippen LogP contribution >= 0.6 is 0 Å². The predicted octanol–water partition coefficient (Wildman–Crippen LogP) is 1.59. The normalized spacial score (nSPS) is 12.8. The Bertz CT molecular complexity index is 488. The molecule has 0 radical (unpaired) electrons. The highest BCUT2D eigenvalue weighted by Gasteiger charge is 2.24. The third-order valence-corrected chi connectivity index (χ3v) is 2.71. The van der Waals surface area contributed by atoms with Crippen LogP contribution in [0.4, 0.5) is 0 Å². The Morgan fingerprint density at radius 3 is 2.62 bits per heavy atom. The zero-order chi connectivity index (χ0) is 16.0. The minimum Gasteiger partial charge on any atom is -0.458 e. The van der Waals surface area contributed by atoms with Gasteiger partial charge >= 0.3 is 5.97 Å². The Morgan fingerprint density at radius 2 is 2.05 bits per heavy atom. The van der Waals surface area contributed by atoms with E-state index in [9.17, 15) is 9.59 Å². The van der Waals surface area contributed by atoms with Crippen LogP contribution in [0.15, 0.2) is 18.3 Å². The molecule has 1 atom stereocenters. The van der Waals surface area contributed by atoms with Gasteiger partial charge in [-0.1, -0.05) is 0 Å². The molecule has 1 aromatic heterocycles. The molecule has 0 spiro atoms. The fraction of sp³-hybridized carbons (Fsp3) is 0.600. The molecule has 0 aromatic carbocycles. The molecule has 6 heteroatoms. The van der Waals surface area contributed by atoms with E-state index in [1.807, 2.05) is 0 Å². The van der Waals surface area contributed by atoms with Crippen molar-refractivity contribution in [3.05, 3.63) is 24.0 Å². The lowest BCUT2D eigenvalue weighted by molar-refractivity contribution is -0.156. The highest BCUT2D eigenvalue weighted by molar-refractivity contribution is 5.95. The molecule has 0 unspecified atom stereocenters. The summed E-state index contributed by atoms with van der Waals surface area (Å²) in [5, 5.41) is 2.65. The third kappa shape index (κ3) is 5.59. The van der Waals surface area contributed by atoms with Gasteiger partial charge in [0, 0.05) is 19.9 Å². The second-order valence-electron chi connectivity index (χ2n) is 5.81. The van der Waals surface area contributed by atoms with Gasteiger partial charge in [0.1, 0.15) is 17.3 Å². The molecular weight excluding hydrogens is 272 g/mol. The van der Waals surface area contributed by atoms with Gasteiger partial charge in [-0.05, 0) is 39.8 Å². The van der Waals surface area contributed by atoms with E-state index in [0.717, 1.165) is 0 Å². The number of rotatable bonds is 6. The van der Waals surface area contributed by atoms with Gasteiger partial charge in [-0.15, -0.1) is 0 Å². The quantitative estimate of drug-likeness (QED) is 0.809. The average Bonchev–Trinajstić information content (AvgIpc) is 2.82. The lowest BCUT2D eigenvalue weighted by Gasteiger charge is -2.22. The maximum atomic E-state index is 12.2. The first-order valence-electron chi connectivity index (χ1n) is 6.92. The maximum Gasteiger partial charge on any atom is 0.328 e. The average molecular weight is 296 g/mol. The Hall–Kier alpha value is -1.82. The van der Waals surface area contributed by atoms with Crippen molar-refractivity contribution in [3.8, 4) is 0 Å². The smallest absolute Gasteiger partial charge is 0.328 e. The SMILES string of the molecule is COCCn1cccc1C(=O)N[C@H](C)C(=O)OC(C)(C)C. The highest BCUT2D eigenvalue weighted by Crippen LogP contribution is 2.09. The molecule has 1 N–H and O–H groups in total. The number of hydrogen-bond acceptors (Lipinski definition) is 4. The van der Waals surface area contributed by atoms with Crippen LogP contribution in [0.3, 0.4) is 0 Å². The van der Waals surface area contributed by atoms with E-state index in [0.29, 0.717) is 18.8 Å². The van der Waals surface area contributed by atoms with Crippen LogP contribution in [0.25, 0.3) is 0 Å². The van der Waals surface area contributed by atoms with Crippen LogP contribution in [-0.2, 0) is 20.8 Å². The molecule has 0 aliphatic rings. The van der Waals surface area contributed by atoms with E-state index in [1.54, 1.807) is 57.7 Å². The molecule has 0 bridgehead atoms. The van der Waals surface area contributed by atoms with Gasteiger partial charge in [-0.25, -0.2) is 4.79 Å². The predicted molar refractivity (Wildman–Crippen MR) is 79.1 cm³/mol. The third-order valence-electron chi connectivity index (χ3n) is 2.71. The summed E-state index contributed by atoms with van der Waals surface area (Å²) in [4.78, 5) is 24.0. The van der Waals surface area contributed by atoms with Gasteiger partial charge in [0.2, 0.25) is 0 Å². The topological polar surface area (TPSA) is 69.6 Å². The summed E-state index contributed by atoms with van der Waals surface area (Å²) in [5.74, 6) is -0.764. The van der Waals surface area contributed by atoms with Crippen molar-refractivity contribution in [2.75, 3.05) is 13.7 Å². The number of esters is 1. The molecule has 0 saturated heterocycles. The van der Waals surface area contributed by atoms with E-state index in [-0.39, 0.29) is 5.91 Å². The summed E-state index contributed by atoms with van der Waals surface area (Å²) in [7, 11) is 1.60. The van der Waals surface area contributed by atoms with Gasteiger partial charge in [0.25, 0.3) is 5.91 Å². The molecular formula is C15H24N2O4. The number of ether oxygens (including phenoxy) is 2. The van der Waals surface area contributed by atoms with Crippen molar-refractivity contribution in [3.63, 3.8) is 0 Å². The molecule has 0 aliphatic carbocycles. The molecule has 1 rings (SSSR count). The fourth-order valence-corrected chi connectivity index (χ4v) is 1.72. The summed E-state index contributed by atoms with van der Waals surface area (Å²) in [6.45, 7) is 8.05. The number of amides is 1. The van der Waals surface area contributed by atoms with Crippen molar-refractivity contribution in [1.29, 1.82) is 0 Å². The van der Waals surface area contributed by atoms with E-state index >= 15 is 0 Å². The van der Waals surface area contributed by atoms with Crippen LogP contribution in [-0.4, -0.2) is 41.8 Å². The van der Waals surface area contributed by atoms with Crippen molar-refractivity contribution in [1.82, 2.24) is 9.88 Å². The lowest BCUT2D eigenvalue weighted by Crippen LogP contribution is -2.42. The number of methoxy groups -OCH3 is 1. The molecule has 1 amide bonds. The van der Waals surface area contributed by atoms with Gasteiger partial charge in [0.15, 0.2) is 0 Å². The zero-order valence-corrected chi connectivity index (χ0v) is 13.3. The van der Waals surface area contributed by atoms with Crippen molar-refractivity contribution >= 4 is 11.9 Å². The number of aromatic nitrogens is 1. The van der Waals surface area contributed by atoms with Crippen LogP contribution in [0.1, 0.15) is 38.2 Å². The Balaban J connectivity index is 2.64. The fourth-order valence-electron chi connectivity index (χ4n) is 1.72. The van der Waals surface area contributed by atoms with Gasteiger partial charge < -0.3 is 19.4 Å². The number of carbonyl (C=O) groups excluding carboxylic acids is 2. The lowest BCUT2D eigenvalue weighted by atomic mass is 10.2. The zero-order valence-electron chi connectivity index (χ0n) is 13.3. The van der Waals surface area contributed by atoms with Gasteiger partial charge in [-0.2, -0.15) is 0 Å². The molecule has 0 fully saturated rings. The second kappa shape index (κ2) is 7.26. The standard InChI is InChI=1S/C15H24N2O4/c1-11(14(19)21-15(2,3)4)16-13(18)12-7-6-8-17(12)9-10-20-5/h6-8,11H,9-10H2,1-5H3,(H,16,18)/t11-/m1/s1. The van der Waals surface area contributed by atoms with Crippen LogP contribution < -0.4 is 5.32 Å². The van der Waals surface area contributed by atoms with Crippen molar-refractivity contribution in [2.24, 2.45) is 0 Å². The summed E-state index contributed by atoms with van der Waals surface area (Å²) < 4.78 is 12.0. The summed E-state index contributed by atoms with van der Waals surface area (Å²) in [6, 6.07) is 2.78. The Labute approximate surface area is 125 Å². The minimum atomic E-state index is -0.706. The number of carbonyl (C=O) groups is 2. The molecule has 0 saturated carbocycles. The second-order valence-corrected chi connectivity index (χ2v) is 5.81. The van der Waals surface area contributed by atoms with Crippen molar-refractivity contribution < 1.29 is 19.1 Å². The maximum absolute atomic E-state index is 12.2. The van der Waals surface area contributed by atoms with E-state index in [4.69, 9.17) is 9.47 Å². The van der Waals surface area contributed by atoms with E-state index < -0.39 is 17.6 Å². The van der Waals surface area contributed by atoms with Crippen molar-refractivity contribution in [2.45, 2.75) is 45.9 Å². The first-order valence-corrected chi connectivity index (χ1v) is 6.92. The van der Waals surface area contributed by atoms with Crippen LogP contribution in [0.2, 0.25) is 0 Å². The molecule has 1 aromatic rings. The van der Waals surface area contributed by atoms with E-state index in [2.05, 4.69) is 5.32 Å². The summed E-state index contributed by atoms with van der Waals surface area (Å²) >= 11 is 0. The molecule has 0 aliphatic heterocycles. The number of hydrogen-bond donors (Lipinski definition) is 1.